The zero-order valence-electron chi connectivity index (χ0n) is 15.0. The summed E-state index contributed by atoms with van der Waals surface area (Å²) in [5.74, 6) is -0.0580. The number of aryl methyl sites for hydroxylation is 2. The third-order valence-corrected chi connectivity index (χ3v) is 4.73. The molecule has 0 aromatic heterocycles. The van der Waals surface area contributed by atoms with Crippen molar-refractivity contribution in [2.75, 3.05) is 0 Å². The Morgan fingerprint density at radius 1 is 0.889 bits per heavy atom. The first-order valence-corrected chi connectivity index (χ1v) is 9.83. The lowest BCUT2D eigenvalue weighted by molar-refractivity contribution is 0.103. The Kier molecular flexibility index (Phi) is 5.45. The van der Waals surface area contributed by atoms with Crippen LogP contribution in [-0.2, 0) is 4.57 Å². The van der Waals surface area contributed by atoms with Gasteiger partial charge >= 0.3 is 7.82 Å². The number of hydrogen-bond donors (Lipinski definition) is 1. The second kappa shape index (κ2) is 7.78. The first-order valence-electron chi connectivity index (χ1n) is 8.34. The molecule has 0 spiro atoms. The standard InChI is InChI=1S/C21H19O5P/c1-15-13-16(2)21(19(14-15)20(22)17-9-5-3-6-10-17)26-27(23,24)25-18-11-7-4-8-12-18/h3-14H,1-2H3,(H,23,24). The summed E-state index contributed by atoms with van der Waals surface area (Å²) in [5.41, 5.74) is 2.09. The van der Waals surface area contributed by atoms with E-state index >= 15 is 0 Å². The van der Waals surface area contributed by atoms with Crippen molar-refractivity contribution >= 4 is 13.6 Å². The Hall–Kier alpha value is -2.88. The van der Waals surface area contributed by atoms with Crippen molar-refractivity contribution in [1.29, 1.82) is 0 Å². The highest BCUT2D eigenvalue weighted by molar-refractivity contribution is 7.48. The highest BCUT2D eigenvalue weighted by Gasteiger charge is 2.29. The summed E-state index contributed by atoms with van der Waals surface area (Å²) in [6.07, 6.45) is 0. The van der Waals surface area contributed by atoms with Gasteiger partial charge in [-0.15, -0.1) is 0 Å². The average molecular weight is 382 g/mol. The normalized spacial score (nSPS) is 12.9. The van der Waals surface area contributed by atoms with Crippen molar-refractivity contribution in [3.05, 3.63) is 95.1 Å². The van der Waals surface area contributed by atoms with Gasteiger partial charge in [-0.05, 0) is 43.2 Å². The SMILES string of the molecule is Cc1cc(C)c(OP(=O)(O)Oc2ccccc2)c(C(=O)c2ccccc2)c1. The monoisotopic (exact) mass is 382 g/mol. The number of hydrogen-bond acceptors (Lipinski definition) is 4. The molecule has 0 bridgehead atoms. The number of carbonyl (C=O) groups is 1. The molecule has 0 amide bonds. The summed E-state index contributed by atoms with van der Waals surface area (Å²) < 4.78 is 22.9. The maximum absolute atomic E-state index is 12.9. The van der Waals surface area contributed by atoms with Crippen LogP contribution >= 0.6 is 7.82 Å². The van der Waals surface area contributed by atoms with E-state index in [1.807, 2.05) is 13.0 Å². The third-order valence-electron chi connectivity index (χ3n) is 3.87. The summed E-state index contributed by atoms with van der Waals surface area (Å²) in [4.78, 5) is 23.1. The van der Waals surface area contributed by atoms with Crippen LogP contribution in [0.2, 0.25) is 0 Å². The molecule has 3 rings (SSSR count). The molecule has 6 heteroatoms. The number of para-hydroxylation sites is 1. The van der Waals surface area contributed by atoms with Gasteiger partial charge in [-0.1, -0.05) is 54.6 Å². The minimum absolute atomic E-state index is 0.0382. The zero-order chi connectivity index (χ0) is 19.4. The predicted octanol–water partition coefficient (Wildman–Crippen LogP) is 5.09. The van der Waals surface area contributed by atoms with Crippen LogP contribution in [0.15, 0.2) is 72.8 Å². The van der Waals surface area contributed by atoms with Crippen LogP contribution in [0.4, 0.5) is 0 Å². The fraction of sp³-hybridized carbons (Fsp3) is 0.0952. The Balaban J connectivity index is 1.97. The minimum Gasteiger partial charge on any atom is -0.395 e. The lowest BCUT2D eigenvalue weighted by Gasteiger charge is -2.18. The maximum Gasteiger partial charge on any atom is 0.584 e. The molecule has 5 nitrogen and oxygen atoms in total. The Labute approximate surface area is 157 Å². The van der Waals surface area contributed by atoms with Gasteiger partial charge in [-0.3, -0.25) is 9.69 Å². The minimum atomic E-state index is -4.49. The van der Waals surface area contributed by atoms with Crippen LogP contribution < -0.4 is 9.05 Å². The van der Waals surface area contributed by atoms with Gasteiger partial charge in [0.05, 0.1) is 5.56 Å². The largest absolute Gasteiger partial charge is 0.584 e. The van der Waals surface area contributed by atoms with Crippen molar-refractivity contribution in [3.63, 3.8) is 0 Å². The average Bonchev–Trinajstić information content (AvgIpc) is 2.64. The fourth-order valence-corrected chi connectivity index (χ4v) is 3.64. The first kappa shape index (κ1) is 18.9. The molecule has 138 valence electrons. The number of phosphoric acid groups is 1. The number of phosphoric ester groups is 1. The van der Waals surface area contributed by atoms with Gasteiger partial charge in [0.15, 0.2) is 5.78 Å². The first-order chi connectivity index (χ1) is 12.9. The molecule has 27 heavy (non-hydrogen) atoms. The van der Waals surface area contributed by atoms with E-state index in [1.54, 1.807) is 73.7 Å². The molecule has 0 saturated heterocycles. The summed E-state index contributed by atoms with van der Waals surface area (Å²) in [6.45, 7) is 3.56. The van der Waals surface area contributed by atoms with E-state index in [4.69, 9.17) is 9.05 Å². The maximum atomic E-state index is 12.9. The smallest absolute Gasteiger partial charge is 0.395 e. The molecule has 1 N–H and O–H groups in total. The summed E-state index contributed by atoms with van der Waals surface area (Å²) in [7, 11) is -4.49. The van der Waals surface area contributed by atoms with Crippen molar-refractivity contribution in [1.82, 2.24) is 0 Å². The van der Waals surface area contributed by atoms with Crippen molar-refractivity contribution in [2.24, 2.45) is 0 Å². The molecular formula is C21H19O5P. The fourth-order valence-electron chi connectivity index (χ4n) is 2.74. The van der Waals surface area contributed by atoms with Gasteiger partial charge in [0.25, 0.3) is 0 Å². The summed E-state index contributed by atoms with van der Waals surface area (Å²) >= 11 is 0. The van der Waals surface area contributed by atoms with Gasteiger partial charge in [0.2, 0.25) is 0 Å². The van der Waals surface area contributed by atoms with Crippen LogP contribution in [0.1, 0.15) is 27.0 Å². The molecule has 1 unspecified atom stereocenters. The molecule has 3 aromatic rings. The topological polar surface area (TPSA) is 72.8 Å². The Morgan fingerprint density at radius 2 is 1.48 bits per heavy atom. The van der Waals surface area contributed by atoms with E-state index < -0.39 is 7.82 Å². The van der Waals surface area contributed by atoms with Gasteiger partial charge in [0, 0.05) is 5.56 Å². The Morgan fingerprint density at radius 3 is 2.11 bits per heavy atom. The van der Waals surface area contributed by atoms with Crippen LogP contribution in [0.25, 0.3) is 0 Å². The highest BCUT2D eigenvalue weighted by Crippen LogP contribution is 2.46. The van der Waals surface area contributed by atoms with Gasteiger partial charge < -0.3 is 9.05 Å². The molecule has 0 aliphatic rings. The lowest BCUT2D eigenvalue weighted by atomic mass is 9.98. The summed E-state index contributed by atoms with van der Waals surface area (Å²) in [6, 6.07) is 20.3. The molecule has 0 aliphatic heterocycles. The molecule has 0 fully saturated rings. The van der Waals surface area contributed by atoms with Crippen LogP contribution in [0.3, 0.4) is 0 Å². The zero-order valence-corrected chi connectivity index (χ0v) is 15.9. The van der Waals surface area contributed by atoms with Gasteiger partial charge in [0.1, 0.15) is 11.5 Å². The lowest BCUT2D eigenvalue weighted by Crippen LogP contribution is -2.08. The quantitative estimate of drug-likeness (QED) is 0.475. The van der Waals surface area contributed by atoms with Gasteiger partial charge in [-0.2, -0.15) is 0 Å². The van der Waals surface area contributed by atoms with Crippen LogP contribution in [0.5, 0.6) is 11.5 Å². The summed E-state index contributed by atoms with van der Waals surface area (Å²) in [5, 5.41) is 0. The van der Waals surface area contributed by atoms with Crippen molar-refractivity contribution in [2.45, 2.75) is 13.8 Å². The number of carbonyl (C=O) groups excluding carboxylic acids is 1. The van der Waals surface area contributed by atoms with Crippen LogP contribution in [-0.4, -0.2) is 10.7 Å². The molecule has 3 aromatic carbocycles. The number of benzene rings is 3. The molecule has 0 aliphatic carbocycles. The third kappa shape index (κ3) is 4.64. The molecule has 0 heterocycles. The second-order valence-corrected chi connectivity index (χ2v) is 7.42. The predicted molar refractivity (Wildman–Crippen MR) is 103 cm³/mol. The van der Waals surface area contributed by atoms with E-state index in [0.717, 1.165) is 5.56 Å². The van der Waals surface area contributed by atoms with E-state index in [0.29, 0.717) is 11.1 Å². The van der Waals surface area contributed by atoms with Gasteiger partial charge in [-0.25, -0.2) is 4.57 Å². The van der Waals surface area contributed by atoms with E-state index in [1.165, 1.54) is 0 Å². The van der Waals surface area contributed by atoms with Crippen molar-refractivity contribution < 1.29 is 23.3 Å². The van der Waals surface area contributed by atoms with E-state index in [2.05, 4.69) is 0 Å². The number of ketones is 1. The van der Waals surface area contributed by atoms with Crippen molar-refractivity contribution in [3.8, 4) is 11.5 Å². The highest BCUT2D eigenvalue weighted by atomic mass is 31.2. The van der Waals surface area contributed by atoms with E-state index in [-0.39, 0.29) is 22.8 Å². The second-order valence-electron chi connectivity index (χ2n) is 6.12. The Bertz CT molecular complexity index is 1000. The van der Waals surface area contributed by atoms with E-state index in [9.17, 15) is 14.3 Å². The number of rotatable bonds is 6. The molecule has 0 radical (unpaired) electrons. The molecule has 1 atom stereocenters. The van der Waals surface area contributed by atoms with Crippen LogP contribution in [0, 0.1) is 13.8 Å². The molecule has 0 saturated carbocycles. The molecular weight excluding hydrogens is 363 g/mol.